The number of amides is 3. The molecule has 0 aliphatic carbocycles. The first-order valence-corrected chi connectivity index (χ1v) is 6.86. The number of urea groups is 1. The van der Waals surface area contributed by atoms with Crippen LogP contribution in [0.4, 0.5) is 4.79 Å². The Morgan fingerprint density at radius 2 is 1.84 bits per heavy atom. The van der Waals surface area contributed by atoms with Gasteiger partial charge in [-0.25, -0.2) is 4.79 Å². The third-order valence-corrected chi connectivity index (χ3v) is 3.65. The van der Waals surface area contributed by atoms with Gasteiger partial charge in [0, 0.05) is 52.4 Å². The fraction of sp³-hybridized carbons (Fsp3) is 0.833. The van der Waals surface area contributed by atoms with E-state index in [9.17, 15) is 9.59 Å². The summed E-state index contributed by atoms with van der Waals surface area (Å²) in [6, 6.07) is -0.263. The molecule has 2 saturated heterocycles. The SMILES string of the molecule is CN(CCN1CCNCC1)CCN1C(=O)CNC1=O. The summed E-state index contributed by atoms with van der Waals surface area (Å²) in [5.41, 5.74) is 0. The lowest BCUT2D eigenvalue weighted by Crippen LogP contribution is -2.46. The zero-order chi connectivity index (χ0) is 13.7. The average Bonchev–Trinajstić information content (AvgIpc) is 2.75. The molecule has 2 N–H and O–H groups in total. The number of piperazine rings is 1. The zero-order valence-corrected chi connectivity index (χ0v) is 11.5. The van der Waals surface area contributed by atoms with Crippen LogP contribution >= 0.6 is 0 Å². The largest absolute Gasteiger partial charge is 0.329 e. The highest BCUT2D eigenvalue weighted by Gasteiger charge is 2.27. The summed E-state index contributed by atoms with van der Waals surface area (Å²) in [6.45, 7) is 7.67. The summed E-state index contributed by atoms with van der Waals surface area (Å²) < 4.78 is 0. The highest BCUT2D eigenvalue weighted by Crippen LogP contribution is 1.99. The first kappa shape index (κ1) is 14.2. The number of rotatable bonds is 6. The summed E-state index contributed by atoms with van der Waals surface area (Å²) in [6.07, 6.45) is 0. The van der Waals surface area contributed by atoms with Crippen LogP contribution in [-0.2, 0) is 4.79 Å². The topological polar surface area (TPSA) is 67.9 Å². The molecule has 2 fully saturated rings. The maximum Gasteiger partial charge on any atom is 0.324 e. The van der Waals surface area contributed by atoms with E-state index in [1.165, 1.54) is 4.90 Å². The second-order valence-corrected chi connectivity index (χ2v) is 5.10. The molecule has 0 atom stereocenters. The number of hydrogen-bond donors (Lipinski definition) is 2. The van der Waals surface area contributed by atoms with Crippen LogP contribution in [0.25, 0.3) is 0 Å². The average molecular weight is 269 g/mol. The Kier molecular flexibility index (Phi) is 5.12. The maximum absolute atomic E-state index is 11.4. The van der Waals surface area contributed by atoms with Crippen molar-refractivity contribution in [1.29, 1.82) is 0 Å². The van der Waals surface area contributed by atoms with Crippen LogP contribution in [0.1, 0.15) is 0 Å². The van der Waals surface area contributed by atoms with Gasteiger partial charge in [0.05, 0.1) is 6.54 Å². The first-order chi connectivity index (χ1) is 9.16. The van der Waals surface area contributed by atoms with Crippen molar-refractivity contribution in [1.82, 2.24) is 25.3 Å². The highest BCUT2D eigenvalue weighted by atomic mass is 16.2. The van der Waals surface area contributed by atoms with Crippen LogP contribution in [-0.4, -0.2) is 92.6 Å². The molecule has 7 nitrogen and oxygen atoms in total. The Balaban J connectivity index is 1.62. The summed E-state index contributed by atoms with van der Waals surface area (Å²) in [5.74, 6) is -0.125. The Bertz CT molecular complexity index is 314. The summed E-state index contributed by atoms with van der Waals surface area (Å²) in [4.78, 5) is 28.7. The van der Waals surface area contributed by atoms with Gasteiger partial charge < -0.3 is 15.5 Å². The maximum atomic E-state index is 11.4. The van der Waals surface area contributed by atoms with E-state index in [0.717, 1.165) is 45.8 Å². The molecule has 0 radical (unpaired) electrons. The number of nitrogens with one attached hydrogen (secondary N) is 2. The second-order valence-electron chi connectivity index (χ2n) is 5.10. The van der Waals surface area contributed by atoms with Crippen molar-refractivity contribution in [2.24, 2.45) is 0 Å². The molecule has 3 amide bonds. The van der Waals surface area contributed by atoms with Gasteiger partial charge in [-0.15, -0.1) is 0 Å². The highest BCUT2D eigenvalue weighted by molar-refractivity contribution is 6.01. The second kappa shape index (κ2) is 6.83. The molecule has 0 bridgehead atoms. The molecule has 7 heteroatoms. The number of nitrogens with zero attached hydrogens (tertiary/aromatic N) is 3. The van der Waals surface area contributed by atoms with Gasteiger partial charge in [-0.3, -0.25) is 14.6 Å². The van der Waals surface area contributed by atoms with Crippen LogP contribution in [0.15, 0.2) is 0 Å². The monoisotopic (exact) mass is 269 g/mol. The van der Waals surface area contributed by atoms with Gasteiger partial charge in [-0.2, -0.15) is 0 Å². The minimum atomic E-state index is -0.263. The van der Waals surface area contributed by atoms with E-state index >= 15 is 0 Å². The van der Waals surface area contributed by atoms with E-state index in [1.807, 2.05) is 7.05 Å². The van der Waals surface area contributed by atoms with E-state index in [4.69, 9.17) is 0 Å². The fourth-order valence-electron chi connectivity index (χ4n) is 2.31. The van der Waals surface area contributed by atoms with Crippen molar-refractivity contribution < 1.29 is 9.59 Å². The predicted octanol–water partition coefficient (Wildman–Crippen LogP) is -1.62. The standard InChI is InChI=1S/C12H23N5O2/c1-15(6-8-16-4-2-13-3-5-16)7-9-17-11(18)10-14-12(17)19/h13H,2-10H2,1H3,(H,14,19). The van der Waals surface area contributed by atoms with Gasteiger partial charge >= 0.3 is 6.03 Å². The van der Waals surface area contributed by atoms with Crippen molar-refractivity contribution in [3.8, 4) is 0 Å². The molecule has 0 aromatic carbocycles. The van der Waals surface area contributed by atoms with E-state index in [1.54, 1.807) is 0 Å². The number of likely N-dealkylation sites (N-methyl/N-ethyl adjacent to an activating group) is 1. The molecular formula is C12H23N5O2. The van der Waals surface area contributed by atoms with E-state index in [0.29, 0.717) is 6.54 Å². The molecule has 0 saturated carbocycles. The fourth-order valence-corrected chi connectivity index (χ4v) is 2.31. The van der Waals surface area contributed by atoms with Crippen LogP contribution < -0.4 is 10.6 Å². The van der Waals surface area contributed by atoms with Crippen molar-refractivity contribution in [2.45, 2.75) is 0 Å². The van der Waals surface area contributed by atoms with Crippen LogP contribution in [0.3, 0.4) is 0 Å². The Hall–Kier alpha value is -1.18. The molecule has 108 valence electrons. The van der Waals surface area contributed by atoms with Crippen molar-refractivity contribution in [2.75, 3.05) is 66.0 Å². The summed E-state index contributed by atoms with van der Waals surface area (Å²) in [5, 5.41) is 5.86. The van der Waals surface area contributed by atoms with E-state index < -0.39 is 0 Å². The van der Waals surface area contributed by atoms with Crippen molar-refractivity contribution in [3.63, 3.8) is 0 Å². The third-order valence-electron chi connectivity index (χ3n) is 3.65. The quantitative estimate of drug-likeness (QED) is 0.567. The predicted molar refractivity (Wildman–Crippen MR) is 71.9 cm³/mol. The van der Waals surface area contributed by atoms with Crippen LogP contribution in [0, 0.1) is 0 Å². The molecule has 2 heterocycles. The molecule has 19 heavy (non-hydrogen) atoms. The van der Waals surface area contributed by atoms with Gasteiger partial charge in [0.2, 0.25) is 5.91 Å². The molecular weight excluding hydrogens is 246 g/mol. The number of imide groups is 1. The summed E-state index contributed by atoms with van der Waals surface area (Å²) >= 11 is 0. The lowest BCUT2D eigenvalue weighted by molar-refractivity contribution is -0.125. The van der Waals surface area contributed by atoms with E-state index in [2.05, 4.69) is 20.4 Å². The molecule has 2 rings (SSSR count). The molecule has 2 aliphatic heterocycles. The number of carbonyl (C=O) groups is 2. The Morgan fingerprint density at radius 3 is 2.47 bits per heavy atom. The van der Waals surface area contributed by atoms with Crippen molar-refractivity contribution in [3.05, 3.63) is 0 Å². The van der Waals surface area contributed by atoms with Crippen LogP contribution in [0.5, 0.6) is 0 Å². The first-order valence-electron chi connectivity index (χ1n) is 6.86. The molecule has 0 aromatic rings. The smallest absolute Gasteiger partial charge is 0.324 e. The van der Waals surface area contributed by atoms with Crippen molar-refractivity contribution >= 4 is 11.9 Å². The van der Waals surface area contributed by atoms with Gasteiger partial charge in [-0.1, -0.05) is 0 Å². The van der Waals surface area contributed by atoms with Gasteiger partial charge in [-0.05, 0) is 7.05 Å². The zero-order valence-electron chi connectivity index (χ0n) is 11.5. The third kappa shape index (κ3) is 4.15. The minimum absolute atomic E-state index is 0.125. The minimum Gasteiger partial charge on any atom is -0.329 e. The van der Waals surface area contributed by atoms with Crippen LogP contribution in [0.2, 0.25) is 0 Å². The molecule has 0 spiro atoms. The van der Waals surface area contributed by atoms with Gasteiger partial charge in [0.25, 0.3) is 0 Å². The molecule has 2 aliphatic rings. The summed E-state index contributed by atoms with van der Waals surface area (Å²) in [7, 11) is 2.03. The molecule has 0 unspecified atom stereocenters. The Morgan fingerprint density at radius 1 is 1.16 bits per heavy atom. The lowest BCUT2D eigenvalue weighted by atomic mass is 10.3. The molecule has 0 aromatic heterocycles. The van der Waals surface area contributed by atoms with Gasteiger partial charge in [0.15, 0.2) is 0 Å². The number of carbonyl (C=O) groups excluding carboxylic acids is 2. The number of hydrogen-bond acceptors (Lipinski definition) is 5. The van der Waals surface area contributed by atoms with Gasteiger partial charge in [0.1, 0.15) is 0 Å². The Labute approximate surface area is 113 Å². The lowest BCUT2D eigenvalue weighted by Gasteiger charge is -2.29. The normalized spacial score (nSPS) is 21.3. The van der Waals surface area contributed by atoms with E-state index in [-0.39, 0.29) is 18.5 Å².